The van der Waals surface area contributed by atoms with Gasteiger partial charge in [-0.15, -0.1) is 0 Å². The van der Waals surface area contributed by atoms with Crippen molar-refractivity contribution in [2.45, 2.75) is 20.8 Å². The Bertz CT molecular complexity index is 422. The number of nitrogens with one attached hydrogen (secondary N) is 1. The Labute approximate surface area is 149 Å². The van der Waals surface area contributed by atoms with E-state index in [-0.39, 0.29) is 0 Å². The number of carbonyl (C=O) groups is 1. The van der Waals surface area contributed by atoms with Gasteiger partial charge in [0.05, 0.1) is 5.02 Å². The molecule has 0 aromatic heterocycles. The molecule has 0 aliphatic rings. The quantitative estimate of drug-likeness (QED) is 0.804. The van der Waals surface area contributed by atoms with Crippen molar-refractivity contribution in [3.05, 3.63) is 28.2 Å². The lowest BCUT2D eigenvalue weighted by atomic mass is 10.3. The van der Waals surface area contributed by atoms with Crippen LogP contribution in [0.2, 0.25) is 10.0 Å². The summed E-state index contributed by atoms with van der Waals surface area (Å²) in [7, 11) is 3.75. The maximum Gasteiger partial charge on any atom is 0.341 e. The molecule has 134 valence electrons. The van der Waals surface area contributed by atoms with Gasteiger partial charge >= 0.3 is 5.97 Å². The van der Waals surface area contributed by atoms with E-state index in [4.69, 9.17) is 33.0 Å². The Hall–Kier alpha value is -1.01. The standard InChI is InChI=1S/C8H6Cl2O3.C6H15N.C2H7N/c9-5-1-2-7(6(10)3-5)13-4-8(11)12;1-4-7(5-2)6-3;1-3-2/h1-3H,4H2,(H,11,12);4-6H2,1-3H3;3H,1-2H3. The highest BCUT2D eigenvalue weighted by molar-refractivity contribution is 6.35. The van der Waals surface area contributed by atoms with Crippen molar-refractivity contribution in [1.82, 2.24) is 10.2 Å². The molecule has 0 radical (unpaired) electrons. The zero-order valence-electron chi connectivity index (χ0n) is 14.5. The van der Waals surface area contributed by atoms with Gasteiger partial charge < -0.3 is 20.1 Å². The number of carboxylic acids is 1. The topological polar surface area (TPSA) is 61.8 Å². The Kier molecular flexibility index (Phi) is 16.7. The first-order valence-corrected chi connectivity index (χ1v) is 8.22. The molecule has 0 amide bonds. The van der Waals surface area contributed by atoms with Crippen LogP contribution in [-0.4, -0.2) is 56.3 Å². The molecular formula is C16H28Cl2N2O3. The number of halogens is 2. The lowest BCUT2D eigenvalue weighted by Gasteiger charge is -2.13. The van der Waals surface area contributed by atoms with E-state index in [1.807, 2.05) is 14.1 Å². The Morgan fingerprint density at radius 1 is 1.17 bits per heavy atom. The summed E-state index contributed by atoms with van der Waals surface area (Å²) >= 11 is 11.3. The van der Waals surface area contributed by atoms with Crippen LogP contribution in [0.4, 0.5) is 0 Å². The summed E-state index contributed by atoms with van der Waals surface area (Å²) in [4.78, 5) is 12.5. The summed E-state index contributed by atoms with van der Waals surface area (Å²) in [5.74, 6) is -0.737. The van der Waals surface area contributed by atoms with Gasteiger partial charge in [-0.25, -0.2) is 4.79 Å². The molecule has 23 heavy (non-hydrogen) atoms. The van der Waals surface area contributed by atoms with Crippen molar-refractivity contribution in [3.8, 4) is 5.75 Å². The first-order valence-electron chi connectivity index (χ1n) is 7.46. The predicted molar refractivity (Wildman–Crippen MR) is 98.0 cm³/mol. The zero-order valence-corrected chi connectivity index (χ0v) is 16.0. The third-order valence-corrected chi connectivity index (χ3v) is 3.12. The molecule has 0 heterocycles. The first-order chi connectivity index (χ1) is 10.9. The number of hydrogen-bond donors (Lipinski definition) is 2. The van der Waals surface area contributed by atoms with Crippen LogP contribution in [-0.2, 0) is 4.79 Å². The van der Waals surface area contributed by atoms with Crippen LogP contribution in [0.25, 0.3) is 0 Å². The second-order valence-electron chi connectivity index (χ2n) is 4.38. The average molecular weight is 367 g/mol. The van der Waals surface area contributed by atoms with Crippen molar-refractivity contribution >= 4 is 29.2 Å². The molecule has 0 aliphatic carbocycles. The highest BCUT2D eigenvalue weighted by Gasteiger charge is 2.04. The number of rotatable bonds is 6. The van der Waals surface area contributed by atoms with E-state index in [1.165, 1.54) is 31.8 Å². The maximum atomic E-state index is 10.2. The minimum Gasteiger partial charge on any atom is -0.480 e. The second kappa shape index (κ2) is 15.9. The van der Waals surface area contributed by atoms with Crippen LogP contribution in [0.15, 0.2) is 18.2 Å². The molecule has 0 fully saturated rings. The molecule has 1 aromatic carbocycles. The van der Waals surface area contributed by atoms with Crippen LogP contribution in [0.3, 0.4) is 0 Å². The molecule has 2 N–H and O–H groups in total. The van der Waals surface area contributed by atoms with E-state index in [2.05, 4.69) is 31.0 Å². The highest BCUT2D eigenvalue weighted by Crippen LogP contribution is 2.27. The van der Waals surface area contributed by atoms with Gasteiger partial charge in [-0.05, 0) is 51.9 Å². The molecular weight excluding hydrogens is 339 g/mol. The largest absolute Gasteiger partial charge is 0.480 e. The predicted octanol–water partition coefficient (Wildman–Crippen LogP) is 3.64. The molecule has 1 aromatic rings. The van der Waals surface area contributed by atoms with Gasteiger partial charge in [-0.3, -0.25) is 0 Å². The molecule has 7 heteroatoms. The number of ether oxygens (including phenoxy) is 1. The van der Waals surface area contributed by atoms with E-state index < -0.39 is 12.6 Å². The Morgan fingerprint density at radius 2 is 1.65 bits per heavy atom. The van der Waals surface area contributed by atoms with Crippen molar-refractivity contribution < 1.29 is 14.6 Å². The normalized spacial score (nSPS) is 9.39. The molecule has 0 atom stereocenters. The molecule has 0 unspecified atom stereocenters. The molecule has 0 saturated carbocycles. The molecule has 1 rings (SSSR count). The van der Waals surface area contributed by atoms with Crippen molar-refractivity contribution in [2.24, 2.45) is 0 Å². The minimum absolute atomic E-state index is 0.300. The van der Waals surface area contributed by atoms with Gasteiger partial charge in [0.2, 0.25) is 0 Å². The molecule has 5 nitrogen and oxygen atoms in total. The van der Waals surface area contributed by atoms with E-state index in [0.29, 0.717) is 15.8 Å². The number of aliphatic carboxylic acids is 1. The highest BCUT2D eigenvalue weighted by atomic mass is 35.5. The Morgan fingerprint density at radius 3 is 1.96 bits per heavy atom. The van der Waals surface area contributed by atoms with Crippen LogP contribution in [0.1, 0.15) is 20.8 Å². The maximum absolute atomic E-state index is 10.2. The van der Waals surface area contributed by atoms with Gasteiger partial charge in [-0.2, -0.15) is 0 Å². The van der Waals surface area contributed by atoms with Gasteiger partial charge in [0.15, 0.2) is 6.61 Å². The smallest absolute Gasteiger partial charge is 0.341 e. The SMILES string of the molecule is CCN(CC)CC.CNC.O=C(O)COc1ccc(Cl)cc1Cl. The lowest BCUT2D eigenvalue weighted by Crippen LogP contribution is -2.21. The van der Waals surface area contributed by atoms with Gasteiger partial charge in [0, 0.05) is 5.02 Å². The third-order valence-electron chi connectivity index (χ3n) is 2.59. The van der Waals surface area contributed by atoms with Gasteiger partial charge in [0.25, 0.3) is 0 Å². The Balaban J connectivity index is 0. The van der Waals surface area contributed by atoms with Crippen LogP contribution in [0, 0.1) is 0 Å². The summed E-state index contributed by atoms with van der Waals surface area (Å²) in [6, 6.07) is 4.58. The molecule has 0 spiro atoms. The van der Waals surface area contributed by atoms with Crippen molar-refractivity contribution in [3.63, 3.8) is 0 Å². The fourth-order valence-electron chi connectivity index (χ4n) is 1.40. The van der Waals surface area contributed by atoms with Crippen LogP contribution < -0.4 is 10.1 Å². The monoisotopic (exact) mass is 366 g/mol. The summed E-state index contributed by atoms with van der Waals surface area (Å²) < 4.78 is 4.86. The summed E-state index contributed by atoms with van der Waals surface area (Å²) in [5, 5.41) is 11.9. The number of carboxylic acid groups (broad SMARTS) is 1. The fourth-order valence-corrected chi connectivity index (χ4v) is 1.87. The van der Waals surface area contributed by atoms with Gasteiger partial charge in [-0.1, -0.05) is 44.0 Å². The van der Waals surface area contributed by atoms with Crippen LogP contribution in [0.5, 0.6) is 5.75 Å². The molecule has 0 bridgehead atoms. The number of benzene rings is 1. The summed E-state index contributed by atoms with van der Waals surface area (Å²) in [5.41, 5.74) is 0. The van der Waals surface area contributed by atoms with Crippen LogP contribution >= 0.6 is 23.2 Å². The first kappa shape index (κ1) is 24.2. The molecule has 0 aliphatic heterocycles. The van der Waals surface area contributed by atoms with E-state index in [9.17, 15) is 4.79 Å². The third kappa shape index (κ3) is 14.3. The summed E-state index contributed by atoms with van der Waals surface area (Å²) in [6.07, 6.45) is 0. The van der Waals surface area contributed by atoms with Crippen molar-refractivity contribution in [2.75, 3.05) is 40.3 Å². The van der Waals surface area contributed by atoms with Crippen molar-refractivity contribution in [1.29, 1.82) is 0 Å². The van der Waals surface area contributed by atoms with Gasteiger partial charge in [0.1, 0.15) is 5.75 Å². The average Bonchev–Trinajstić information content (AvgIpc) is 2.49. The van der Waals surface area contributed by atoms with E-state index in [1.54, 1.807) is 6.07 Å². The minimum atomic E-state index is -1.05. The summed E-state index contributed by atoms with van der Waals surface area (Å²) in [6.45, 7) is 9.71. The second-order valence-corrected chi connectivity index (χ2v) is 5.22. The zero-order chi connectivity index (χ0) is 18.3. The van der Waals surface area contributed by atoms with E-state index in [0.717, 1.165) is 0 Å². The van der Waals surface area contributed by atoms with E-state index >= 15 is 0 Å². The lowest BCUT2D eigenvalue weighted by molar-refractivity contribution is -0.139. The molecule has 0 saturated heterocycles. The number of nitrogens with zero attached hydrogens (tertiary/aromatic N) is 1. The number of hydrogen-bond acceptors (Lipinski definition) is 4. The fraction of sp³-hybridized carbons (Fsp3) is 0.562.